The van der Waals surface area contributed by atoms with Crippen LogP contribution in [0.3, 0.4) is 0 Å². The summed E-state index contributed by atoms with van der Waals surface area (Å²) >= 11 is 3.10. The minimum absolute atomic E-state index is 0.248. The third kappa shape index (κ3) is 4.56. The maximum atomic E-state index is 12.8. The fourth-order valence-electron chi connectivity index (χ4n) is 1.89. The standard InChI is InChI=1S/C14H12BrF3N4O3S/c1-2-26(24,25)10-6-9(15)7-20-12(10)13(22-23)21-11-5-8(3-4-19-11)14(16,17)18/h3-7,23H,2H2,1H3,(H,19,21,22). The monoisotopic (exact) mass is 452 g/mol. The van der Waals surface area contributed by atoms with Gasteiger partial charge in [-0.1, -0.05) is 6.92 Å². The molecule has 0 saturated carbocycles. The number of sulfone groups is 1. The smallest absolute Gasteiger partial charge is 0.290 e. The van der Waals surface area contributed by atoms with E-state index in [1.807, 2.05) is 0 Å². The summed E-state index contributed by atoms with van der Waals surface area (Å²) < 4.78 is 63.2. The first-order chi connectivity index (χ1) is 12.1. The normalized spacial score (nSPS) is 12.9. The number of nitrogens with zero attached hydrogens (tertiary/aromatic N) is 3. The predicted molar refractivity (Wildman–Crippen MR) is 90.0 cm³/mol. The Morgan fingerprint density at radius 3 is 2.62 bits per heavy atom. The van der Waals surface area contributed by atoms with Crippen molar-refractivity contribution in [3.05, 3.63) is 46.3 Å². The van der Waals surface area contributed by atoms with Crippen molar-refractivity contribution in [3.63, 3.8) is 0 Å². The van der Waals surface area contributed by atoms with E-state index in [1.54, 1.807) is 5.48 Å². The SMILES string of the molecule is CCS(=O)(=O)c1cc(Br)cnc1C(=Nc1cc(C(F)(F)F)ccn1)NO. The number of hydroxylamine groups is 1. The molecule has 2 aromatic heterocycles. The molecule has 0 bridgehead atoms. The molecular weight excluding hydrogens is 441 g/mol. The summed E-state index contributed by atoms with van der Waals surface area (Å²) in [5.41, 5.74) is 0.423. The second-order valence-electron chi connectivity index (χ2n) is 4.88. The lowest BCUT2D eigenvalue weighted by Gasteiger charge is -2.11. The lowest BCUT2D eigenvalue weighted by Crippen LogP contribution is -2.24. The number of aromatic nitrogens is 2. The van der Waals surface area contributed by atoms with Crippen molar-refractivity contribution in [1.29, 1.82) is 0 Å². The van der Waals surface area contributed by atoms with Crippen molar-refractivity contribution in [2.75, 3.05) is 5.75 Å². The summed E-state index contributed by atoms with van der Waals surface area (Å²) in [6, 6.07) is 2.67. The van der Waals surface area contributed by atoms with Gasteiger partial charge in [0.1, 0.15) is 5.69 Å². The molecule has 140 valence electrons. The number of halogens is 4. The van der Waals surface area contributed by atoms with Gasteiger partial charge < -0.3 is 0 Å². The number of nitrogens with one attached hydrogen (secondary N) is 1. The minimum Gasteiger partial charge on any atom is -0.290 e. The van der Waals surface area contributed by atoms with Crippen LogP contribution < -0.4 is 5.48 Å². The van der Waals surface area contributed by atoms with Crippen LogP contribution in [-0.4, -0.2) is 35.2 Å². The largest absolute Gasteiger partial charge is 0.416 e. The summed E-state index contributed by atoms with van der Waals surface area (Å²) in [5.74, 6) is -1.10. The van der Waals surface area contributed by atoms with Gasteiger partial charge in [0.25, 0.3) is 0 Å². The number of hydrogen-bond donors (Lipinski definition) is 2. The Morgan fingerprint density at radius 1 is 1.35 bits per heavy atom. The van der Waals surface area contributed by atoms with E-state index >= 15 is 0 Å². The quantitative estimate of drug-likeness (QED) is 0.419. The summed E-state index contributed by atoms with van der Waals surface area (Å²) in [7, 11) is -3.75. The van der Waals surface area contributed by atoms with Crippen LogP contribution in [-0.2, 0) is 16.0 Å². The molecule has 0 unspecified atom stereocenters. The Kier molecular flexibility index (Phi) is 5.98. The second-order valence-corrected chi connectivity index (χ2v) is 8.04. The van der Waals surface area contributed by atoms with Crippen LogP contribution in [0.1, 0.15) is 18.2 Å². The van der Waals surface area contributed by atoms with Crippen LogP contribution in [0.25, 0.3) is 0 Å². The molecule has 12 heteroatoms. The van der Waals surface area contributed by atoms with Crippen LogP contribution in [0.15, 0.2) is 45.0 Å². The molecule has 0 aromatic carbocycles. The Bertz CT molecular complexity index is 949. The third-order valence-electron chi connectivity index (χ3n) is 3.16. The molecule has 0 atom stereocenters. The van der Waals surface area contributed by atoms with Gasteiger partial charge in [-0.05, 0) is 34.1 Å². The van der Waals surface area contributed by atoms with E-state index in [2.05, 4.69) is 30.9 Å². The molecule has 0 saturated heterocycles. The molecular formula is C14H12BrF3N4O3S. The first kappa shape index (κ1) is 20.3. The Labute approximate surface area is 155 Å². The van der Waals surface area contributed by atoms with Gasteiger partial charge in [-0.25, -0.2) is 18.4 Å². The molecule has 2 aromatic rings. The highest BCUT2D eigenvalue weighted by atomic mass is 79.9. The van der Waals surface area contributed by atoms with E-state index < -0.39 is 27.4 Å². The van der Waals surface area contributed by atoms with Gasteiger partial charge in [-0.2, -0.15) is 13.2 Å². The minimum atomic E-state index is -4.60. The first-order valence-electron chi connectivity index (χ1n) is 6.99. The average Bonchev–Trinajstić information content (AvgIpc) is 2.59. The lowest BCUT2D eigenvalue weighted by molar-refractivity contribution is -0.137. The molecule has 0 fully saturated rings. The Balaban J connectivity index is 2.62. The zero-order valence-corrected chi connectivity index (χ0v) is 15.5. The Morgan fingerprint density at radius 2 is 2.04 bits per heavy atom. The molecule has 2 heterocycles. The average molecular weight is 453 g/mol. The second kappa shape index (κ2) is 7.68. The molecule has 0 spiro atoms. The van der Waals surface area contributed by atoms with E-state index in [1.165, 1.54) is 19.2 Å². The van der Waals surface area contributed by atoms with Crippen LogP contribution in [0.5, 0.6) is 0 Å². The van der Waals surface area contributed by atoms with Gasteiger partial charge >= 0.3 is 6.18 Å². The summed E-state index contributed by atoms with van der Waals surface area (Å²) in [6.07, 6.45) is -2.45. The van der Waals surface area contributed by atoms with Crippen molar-refractivity contribution >= 4 is 37.4 Å². The first-order valence-corrected chi connectivity index (χ1v) is 9.43. The van der Waals surface area contributed by atoms with Crippen LogP contribution in [0.2, 0.25) is 0 Å². The molecule has 0 radical (unpaired) electrons. The molecule has 2 N–H and O–H groups in total. The van der Waals surface area contributed by atoms with Crippen molar-refractivity contribution in [1.82, 2.24) is 15.4 Å². The van der Waals surface area contributed by atoms with E-state index in [9.17, 15) is 26.8 Å². The highest BCUT2D eigenvalue weighted by Crippen LogP contribution is 2.30. The van der Waals surface area contributed by atoms with Gasteiger partial charge in [-0.15, -0.1) is 0 Å². The van der Waals surface area contributed by atoms with Crippen LogP contribution in [0.4, 0.5) is 19.0 Å². The topological polar surface area (TPSA) is 105 Å². The fourth-order valence-corrected chi connectivity index (χ4v) is 3.44. The molecule has 0 aliphatic carbocycles. The summed E-state index contributed by atoms with van der Waals surface area (Å²) in [6.45, 7) is 1.41. The van der Waals surface area contributed by atoms with Crippen LogP contribution >= 0.6 is 15.9 Å². The van der Waals surface area contributed by atoms with E-state index in [0.717, 1.165) is 12.3 Å². The van der Waals surface area contributed by atoms with Crippen LogP contribution in [0, 0.1) is 0 Å². The number of aliphatic imine (C=N–C) groups is 1. The van der Waals surface area contributed by atoms with E-state index in [-0.39, 0.29) is 22.2 Å². The zero-order chi connectivity index (χ0) is 19.5. The molecule has 26 heavy (non-hydrogen) atoms. The molecule has 2 rings (SSSR count). The molecule has 0 aliphatic rings. The van der Waals surface area contributed by atoms with Crippen molar-refractivity contribution < 1.29 is 26.8 Å². The highest BCUT2D eigenvalue weighted by Gasteiger charge is 2.31. The maximum absolute atomic E-state index is 12.8. The number of amidine groups is 1. The van der Waals surface area contributed by atoms with E-state index in [0.29, 0.717) is 10.5 Å². The third-order valence-corrected chi connectivity index (χ3v) is 5.34. The van der Waals surface area contributed by atoms with Gasteiger partial charge in [-0.3, -0.25) is 15.7 Å². The van der Waals surface area contributed by atoms with Crippen molar-refractivity contribution in [2.45, 2.75) is 18.0 Å². The molecule has 0 amide bonds. The molecule has 7 nitrogen and oxygen atoms in total. The van der Waals surface area contributed by atoms with E-state index in [4.69, 9.17) is 0 Å². The number of rotatable bonds is 4. The van der Waals surface area contributed by atoms with Crippen molar-refractivity contribution in [3.8, 4) is 0 Å². The summed E-state index contributed by atoms with van der Waals surface area (Å²) in [4.78, 5) is 11.1. The maximum Gasteiger partial charge on any atom is 0.416 e. The number of pyridine rings is 2. The Hall–Kier alpha value is -2.05. The lowest BCUT2D eigenvalue weighted by atomic mass is 10.2. The fraction of sp³-hybridized carbons (Fsp3) is 0.214. The highest BCUT2D eigenvalue weighted by molar-refractivity contribution is 9.10. The zero-order valence-electron chi connectivity index (χ0n) is 13.1. The number of hydrogen-bond acceptors (Lipinski definition) is 6. The number of alkyl halides is 3. The van der Waals surface area contributed by atoms with Gasteiger partial charge in [0, 0.05) is 16.9 Å². The predicted octanol–water partition coefficient (Wildman–Crippen LogP) is 3.11. The molecule has 0 aliphatic heterocycles. The van der Waals surface area contributed by atoms with Gasteiger partial charge in [0.05, 0.1) is 16.2 Å². The van der Waals surface area contributed by atoms with Gasteiger partial charge in [0.2, 0.25) is 0 Å². The summed E-state index contributed by atoms with van der Waals surface area (Å²) in [5, 5.41) is 9.32. The van der Waals surface area contributed by atoms with Gasteiger partial charge in [0.15, 0.2) is 21.5 Å². The van der Waals surface area contributed by atoms with Crippen molar-refractivity contribution in [2.24, 2.45) is 4.99 Å².